The summed E-state index contributed by atoms with van der Waals surface area (Å²) in [5.41, 5.74) is 3.14. The lowest BCUT2D eigenvalue weighted by atomic mass is 10.0. The first-order chi connectivity index (χ1) is 16.0. The van der Waals surface area contributed by atoms with Crippen molar-refractivity contribution in [2.75, 3.05) is 7.11 Å². The van der Waals surface area contributed by atoms with Gasteiger partial charge in [0.25, 0.3) is 5.91 Å². The Balaban J connectivity index is 1.67. The van der Waals surface area contributed by atoms with Gasteiger partial charge in [0.05, 0.1) is 7.11 Å². The smallest absolute Gasteiger partial charge is 0.303 e. The Hall–Kier alpha value is -4.13. The van der Waals surface area contributed by atoms with Crippen LogP contribution < -0.4 is 15.4 Å². The van der Waals surface area contributed by atoms with Crippen molar-refractivity contribution in [3.8, 4) is 16.9 Å². The van der Waals surface area contributed by atoms with E-state index in [-0.39, 0.29) is 19.4 Å². The van der Waals surface area contributed by atoms with Crippen LogP contribution in [-0.2, 0) is 16.1 Å². The molecule has 3 N–H and O–H groups in total. The molecule has 33 heavy (non-hydrogen) atoms. The molecular formula is C26H26N2O5. The molecule has 0 unspecified atom stereocenters. The van der Waals surface area contributed by atoms with E-state index in [1.807, 2.05) is 60.7 Å². The predicted molar refractivity (Wildman–Crippen MR) is 125 cm³/mol. The van der Waals surface area contributed by atoms with Crippen LogP contribution in [0.5, 0.6) is 5.75 Å². The normalized spacial score (nSPS) is 11.3. The third-order valence-corrected chi connectivity index (χ3v) is 5.17. The molecule has 3 rings (SSSR count). The largest absolute Gasteiger partial charge is 0.496 e. The van der Waals surface area contributed by atoms with Crippen molar-refractivity contribution in [1.29, 1.82) is 0 Å². The second-order valence-electron chi connectivity index (χ2n) is 7.43. The maximum absolute atomic E-state index is 12.8. The van der Waals surface area contributed by atoms with Gasteiger partial charge in [-0.25, -0.2) is 0 Å². The van der Waals surface area contributed by atoms with E-state index in [0.29, 0.717) is 11.3 Å². The zero-order valence-electron chi connectivity index (χ0n) is 18.3. The number of ether oxygens (including phenoxy) is 1. The zero-order valence-corrected chi connectivity index (χ0v) is 18.3. The van der Waals surface area contributed by atoms with E-state index in [1.54, 1.807) is 25.3 Å². The molecule has 0 heterocycles. The number of methoxy groups -OCH3 is 1. The fourth-order valence-electron chi connectivity index (χ4n) is 3.38. The van der Waals surface area contributed by atoms with Crippen LogP contribution in [0.1, 0.15) is 28.8 Å². The number of carbonyl (C=O) groups excluding carboxylic acids is 2. The van der Waals surface area contributed by atoms with Gasteiger partial charge in [-0.2, -0.15) is 0 Å². The minimum atomic E-state index is -1.04. The van der Waals surface area contributed by atoms with Gasteiger partial charge in [-0.15, -0.1) is 0 Å². The second-order valence-corrected chi connectivity index (χ2v) is 7.43. The highest BCUT2D eigenvalue weighted by atomic mass is 16.5. The summed E-state index contributed by atoms with van der Waals surface area (Å²) in [6.07, 6.45) is -0.277. The van der Waals surface area contributed by atoms with Crippen molar-refractivity contribution in [2.24, 2.45) is 0 Å². The van der Waals surface area contributed by atoms with Gasteiger partial charge in [-0.1, -0.05) is 60.7 Å². The molecule has 0 fully saturated rings. The van der Waals surface area contributed by atoms with E-state index in [9.17, 15) is 14.4 Å². The third kappa shape index (κ3) is 6.67. The molecular weight excluding hydrogens is 420 g/mol. The number of carboxylic acid groups (broad SMARTS) is 1. The summed E-state index contributed by atoms with van der Waals surface area (Å²) in [4.78, 5) is 36.6. The number of hydrogen-bond donors (Lipinski definition) is 3. The van der Waals surface area contributed by atoms with Gasteiger partial charge in [-0.3, -0.25) is 14.4 Å². The highest BCUT2D eigenvalue weighted by molar-refractivity contribution is 5.98. The molecule has 0 aromatic heterocycles. The monoisotopic (exact) mass is 446 g/mol. The van der Waals surface area contributed by atoms with Crippen LogP contribution in [0, 0.1) is 0 Å². The molecule has 7 nitrogen and oxygen atoms in total. The Morgan fingerprint density at radius 3 is 2.18 bits per heavy atom. The molecule has 170 valence electrons. The molecule has 0 saturated heterocycles. The van der Waals surface area contributed by atoms with E-state index in [0.717, 1.165) is 16.7 Å². The van der Waals surface area contributed by atoms with E-state index >= 15 is 0 Å². The highest BCUT2D eigenvalue weighted by Gasteiger charge is 2.22. The third-order valence-electron chi connectivity index (χ3n) is 5.17. The lowest BCUT2D eigenvalue weighted by molar-refractivity contribution is -0.137. The number of carbonyl (C=O) groups is 3. The molecule has 0 radical (unpaired) electrons. The molecule has 1 atom stereocenters. The Kier molecular flexibility index (Phi) is 8.18. The minimum absolute atomic E-state index is 0.0269. The molecule has 2 amide bonds. The maximum Gasteiger partial charge on any atom is 0.303 e. The molecule has 0 aliphatic rings. The number of nitrogens with one attached hydrogen (secondary N) is 2. The van der Waals surface area contributed by atoms with Crippen molar-refractivity contribution in [1.82, 2.24) is 10.6 Å². The number of amides is 2. The summed E-state index contributed by atoms with van der Waals surface area (Å²) in [7, 11) is 1.54. The molecule has 0 aliphatic heterocycles. The fraction of sp³-hybridized carbons (Fsp3) is 0.192. The van der Waals surface area contributed by atoms with E-state index in [1.165, 1.54) is 0 Å². The summed E-state index contributed by atoms with van der Waals surface area (Å²) in [5.74, 6) is -1.32. The number of benzene rings is 3. The van der Waals surface area contributed by atoms with Gasteiger partial charge in [0.1, 0.15) is 11.8 Å². The SMILES string of the molecule is COc1ccccc1CNC(=O)[C@H](CCC(=O)O)NC(=O)c1ccc(-c2ccccc2)cc1. The number of rotatable bonds is 10. The van der Waals surface area contributed by atoms with Gasteiger partial charge in [0.15, 0.2) is 0 Å². The number of hydrogen-bond acceptors (Lipinski definition) is 4. The molecule has 3 aromatic carbocycles. The second kappa shape index (κ2) is 11.5. The minimum Gasteiger partial charge on any atom is -0.496 e. The highest BCUT2D eigenvalue weighted by Crippen LogP contribution is 2.19. The van der Waals surface area contributed by atoms with Crippen LogP contribution >= 0.6 is 0 Å². The van der Waals surface area contributed by atoms with Gasteiger partial charge < -0.3 is 20.5 Å². The van der Waals surface area contributed by atoms with Crippen molar-refractivity contribution < 1.29 is 24.2 Å². The lowest BCUT2D eigenvalue weighted by Gasteiger charge is -2.18. The molecule has 0 saturated carbocycles. The van der Waals surface area contributed by atoms with Crippen molar-refractivity contribution >= 4 is 17.8 Å². The van der Waals surface area contributed by atoms with Crippen LogP contribution in [0.15, 0.2) is 78.9 Å². The molecule has 3 aromatic rings. The Morgan fingerprint density at radius 2 is 1.52 bits per heavy atom. The van der Waals surface area contributed by atoms with Gasteiger partial charge in [0, 0.05) is 24.1 Å². The zero-order chi connectivity index (χ0) is 23.6. The lowest BCUT2D eigenvalue weighted by Crippen LogP contribution is -2.46. The van der Waals surface area contributed by atoms with E-state index < -0.39 is 23.8 Å². The summed E-state index contributed by atoms with van der Waals surface area (Å²) < 4.78 is 5.28. The maximum atomic E-state index is 12.8. The van der Waals surface area contributed by atoms with Crippen LogP contribution in [0.2, 0.25) is 0 Å². The van der Waals surface area contributed by atoms with Gasteiger partial charge in [0.2, 0.25) is 5.91 Å². The Bertz CT molecular complexity index is 1100. The van der Waals surface area contributed by atoms with Crippen molar-refractivity contribution in [3.05, 3.63) is 90.0 Å². The number of carboxylic acids is 1. The molecule has 0 spiro atoms. The average molecular weight is 447 g/mol. The van der Waals surface area contributed by atoms with Gasteiger partial charge >= 0.3 is 5.97 Å². The summed E-state index contributed by atoms with van der Waals surface area (Å²) in [6, 6.07) is 23.0. The van der Waals surface area contributed by atoms with Crippen molar-refractivity contribution in [3.63, 3.8) is 0 Å². The average Bonchev–Trinajstić information content (AvgIpc) is 2.85. The van der Waals surface area contributed by atoms with E-state index in [2.05, 4.69) is 10.6 Å². The standard InChI is InChI=1S/C26H26N2O5/c1-33-23-10-6-5-9-21(23)17-27-26(32)22(15-16-24(29)30)28-25(31)20-13-11-19(12-14-20)18-7-3-2-4-8-18/h2-14,22H,15-17H2,1H3,(H,27,32)(H,28,31)(H,29,30)/t22-/m0/s1. The predicted octanol–water partition coefficient (Wildman–Crippen LogP) is 3.64. The summed E-state index contributed by atoms with van der Waals surface area (Å²) in [6.45, 7) is 0.189. The van der Waals surface area contributed by atoms with Gasteiger partial charge in [-0.05, 0) is 35.7 Å². The summed E-state index contributed by atoms with van der Waals surface area (Å²) >= 11 is 0. The van der Waals surface area contributed by atoms with Crippen LogP contribution in [0.4, 0.5) is 0 Å². The molecule has 7 heteroatoms. The van der Waals surface area contributed by atoms with Crippen LogP contribution in [-0.4, -0.2) is 36.0 Å². The van der Waals surface area contributed by atoms with Crippen LogP contribution in [0.25, 0.3) is 11.1 Å². The molecule has 0 aliphatic carbocycles. The number of para-hydroxylation sites is 1. The van der Waals surface area contributed by atoms with Crippen molar-refractivity contribution in [2.45, 2.75) is 25.4 Å². The molecule has 0 bridgehead atoms. The quantitative estimate of drug-likeness (QED) is 0.441. The number of aliphatic carboxylic acids is 1. The van der Waals surface area contributed by atoms with E-state index in [4.69, 9.17) is 9.84 Å². The Morgan fingerprint density at radius 1 is 0.879 bits per heavy atom. The Labute approximate surface area is 192 Å². The first-order valence-corrected chi connectivity index (χ1v) is 10.6. The fourth-order valence-corrected chi connectivity index (χ4v) is 3.38. The topological polar surface area (TPSA) is 105 Å². The first kappa shape index (κ1) is 23.5. The first-order valence-electron chi connectivity index (χ1n) is 10.6. The summed E-state index contributed by atoms with van der Waals surface area (Å²) in [5, 5.41) is 14.5. The van der Waals surface area contributed by atoms with Crippen LogP contribution in [0.3, 0.4) is 0 Å².